The minimum Gasteiger partial charge on any atom is -0.467 e. The van der Waals surface area contributed by atoms with Crippen molar-refractivity contribution < 1.29 is 9.21 Å². The van der Waals surface area contributed by atoms with Gasteiger partial charge in [-0.15, -0.1) is 0 Å². The van der Waals surface area contributed by atoms with Crippen LogP contribution in [0.25, 0.3) is 0 Å². The maximum Gasteiger partial charge on any atom is 0.317 e. The van der Waals surface area contributed by atoms with Crippen LogP contribution >= 0.6 is 0 Å². The van der Waals surface area contributed by atoms with Gasteiger partial charge < -0.3 is 14.6 Å². The zero-order valence-corrected chi connectivity index (χ0v) is 9.49. The molecule has 0 aliphatic rings. The Hall–Kier alpha value is -1.45. The summed E-state index contributed by atoms with van der Waals surface area (Å²) in [4.78, 5) is 13.4. The van der Waals surface area contributed by atoms with E-state index >= 15 is 0 Å². The van der Waals surface area contributed by atoms with E-state index in [9.17, 15) is 4.79 Å². The van der Waals surface area contributed by atoms with E-state index in [0.29, 0.717) is 13.1 Å². The molecule has 0 bridgehead atoms. The van der Waals surface area contributed by atoms with Gasteiger partial charge in [-0.05, 0) is 32.9 Å². The monoisotopic (exact) mass is 210 g/mol. The first-order valence-corrected chi connectivity index (χ1v) is 5.21. The summed E-state index contributed by atoms with van der Waals surface area (Å²) < 4.78 is 5.20. The number of urea groups is 1. The number of hydrogen-bond donors (Lipinski definition) is 1. The van der Waals surface area contributed by atoms with Gasteiger partial charge in [0.15, 0.2) is 0 Å². The number of rotatable bonds is 4. The second-order valence-corrected chi connectivity index (χ2v) is 3.70. The smallest absolute Gasteiger partial charge is 0.317 e. The molecule has 0 aliphatic carbocycles. The van der Waals surface area contributed by atoms with Crippen LogP contribution in [0.1, 0.15) is 26.5 Å². The molecule has 1 aromatic rings. The van der Waals surface area contributed by atoms with Gasteiger partial charge in [0.1, 0.15) is 5.76 Å². The average molecular weight is 210 g/mol. The third-order valence-electron chi connectivity index (χ3n) is 2.01. The molecular weight excluding hydrogens is 192 g/mol. The first-order valence-electron chi connectivity index (χ1n) is 5.21. The molecule has 0 aromatic carbocycles. The molecule has 0 unspecified atom stereocenters. The highest BCUT2D eigenvalue weighted by atomic mass is 16.3. The van der Waals surface area contributed by atoms with Gasteiger partial charge in [0.05, 0.1) is 12.8 Å². The zero-order chi connectivity index (χ0) is 11.3. The van der Waals surface area contributed by atoms with Crippen molar-refractivity contribution in [3.63, 3.8) is 0 Å². The van der Waals surface area contributed by atoms with Crippen molar-refractivity contribution in [1.82, 2.24) is 10.2 Å². The molecule has 4 nitrogen and oxygen atoms in total. The summed E-state index contributed by atoms with van der Waals surface area (Å²) in [6.45, 7) is 7.02. The minimum atomic E-state index is -0.0519. The van der Waals surface area contributed by atoms with Crippen molar-refractivity contribution in [3.05, 3.63) is 24.2 Å². The van der Waals surface area contributed by atoms with Gasteiger partial charge in [-0.2, -0.15) is 0 Å². The van der Waals surface area contributed by atoms with Crippen LogP contribution in [0.2, 0.25) is 0 Å². The Morgan fingerprint density at radius 2 is 2.33 bits per heavy atom. The Morgan fingerprint density at radius 1 is 1.60 bits per heavy atom. The van der Waals surface area contributed by atoms with Gasteiger partial charge in [0.25, 0.3) is 0 Å². The Balaban J connectivity index is 2.52. The van der Waals surface area contributed by atoms with E-state index in [1.807, 2.05) is 32.9 Å². The van der Waals surface area contributed by atoms with Crippen LogP contribution < -0.4 is 5.32 Å². The highest BCUT2D eigenvalue weighted by Crippen LogP contribution is 2.05. The summed E-state index contributed by atoms with van der Waals surface area (Å²) in [5.74, 6) is 0.802. The van der Waals surface area contributed by atoms with Crippen LogP contribution in [-0.2, 0) is 6.54 Å². The molecule has 1 rings (SSSR count). The van der Waals surface area contributed by atoms with Gasteiger partial charge in [0, 0.05) is 12.6 Å². The van der Waals surface area contributed by atoms with E-state index in [-0.39, 0.29) is 12.1 Å². The van der Waals surface area contributed by atoms with Gasteiger partial charge in [-0.3, -0.25) is 0 Å². The topological polar surface area (TPSA) is 45.5 Å². The normalized spacial score (nSPS) is 10.4. The van der Waals surface area contributed by atoms with Crippen molar-refractivity contribution in [3.8, 4) is 0 Å². The van der Waals surface area contributed by atoms with Crippen molar-refractivity contribution in [2.45, 2.75) is 33.4 Å². The molecule has 0 atom stereocenters. The zero-order valence-electron chi connectivity index (χ0n) is 9.49. The molecule has 0 saturated carbocycles. The molecule has 1 heterocycles. The highest BCUT2D eigenvalue weighted by molar-refractivity contribution is 5.74. The maximum absolute atomic E-state index is 11.7. The number of nitrogens with zero attached hydrogens (tertiary/aromatic N) is 1. The minimum absolute atomic E-state index is 0.0519. The molecule has 0 aliphatic heterocycles. The highest BCUT2D eigenvalue weighted by Gasteiger charge is 2.13. The number of carbonyl (C=O) groups is 1. The van der Waals surface area contributed by atoms with Gasteiger partial charge in [-0.25, -0.2) is 4.79 Å². The number of furan rings is 1. The van der Waals surface area contributed by atoms with E-state index in [4.69, 9.17) is 4.42 Å². The second kappa shape index (κ2) is 5.44. The summed E-state index contributed by atoms with van der Waals surface area (Å²) in [6, 6.07) is 3.79. The van der Waals surface area contributed by atoms with Crippen molar-refractivity contribution in [2.24, 2.45) is 0 Å². The van der Waals surface area contributed by atoms with Crippen LogP contribution in [0.15, 0.2) is 22.8 Å². The summed E-state index contributed by atoms with van der Waals surface area (Å²) in [7, 11) is 0. The lowest BCUT2D eigenvalue weighted by Crippen LogP contribution is -2.42. The first-order chi connectivity index (χ1) is 7.13. The van der Waals surface area contributed by atoms with Crippen LogP contribution in [0, 0.1) is 0 Å². The van der Waals surface area contributed by atoms with E-state index in [1.54, 1.807) is 11.2 Å². The van der Waals surface area contributed by atoms with E-state index in [0.717, 1.165) is 5.76 Å². The summed E-state index contributed by atoms with van der Waals surface area (Å²) >= 11 is 0. The molecule has 4 heteroatoms. The van der Waals surface area contributed by atoms with Crippen molar-refractivity contribution in [1.29, 1.82) is 0 Å². The fraction of sp³-hybridized carbons (Fsp3) is 0.545. The quantitative estimate of drug-likeness (QED) is 0.828. The molecule has 84 valence electrons. The Labute approximate surface area is 90.3 Å². The van der Waals surface area contributed by atoms with Gasteiger partial charge in [0.2, 0.25) is 0 Å². The van der Waals surface area contributed by atoms with E-state index in [2.05, 4.69) is 5.32 Å². The fourth-order valence-corrected chi connectivity index (χ4v) is 1.26. The molecule has 1 aromatic heterocycles. The summed E-state index contributed by atoms with van der Waals surface area (Å²) in [5, 5.41) is 2.85. The fourth-order valence-electron chi connectivity index (χ4n) is 1.26. The standard InChI is InChI=1S/C11H18N2O2/c1-4-13(11(14)12-9(2)3)8-10-6-5-7-15-10/h5-7,9H,4,8H2,1-3H3,(H,12,14). The van der Waals surface area contributed by atoms with Crippen molar-refractivity contribution >= 4 is 6.03 Å². The van der Waals surface area contributed by atoms with Gasteiger partial charge in [-0.1, -0.05) is 0 Å². The number of hydrogen-bond acceptors (Lipinski definition) is 2. The number of carbonyl (C=O) groups excluding carboxylic acids is 1. The van der Waals surface area contributed by atoms with Crippen molar-refractivity contribution in [2.75, 3.05) is 6.54 Å². The Kier molecular flexibility index (Phi) is 4.21. The van der Waals surface area contributed by atoms with E-state index < -0.39 is 0 Å². The Morgan fingerprint density at radius 3 is 2.80 bits per heavy atom. The molecule has 0 spiro atoms. The number of amides is 2. The number of nitrogens with one attached hydrogen (secondary N) is 1. The average Bonchev–Trinajstić information content (AvgIpc) is 2.65. The molecule has 1 N–H and O–H groups in total. The Bertz CT molecular complexity index is 294. The third kappa shape index (κ3) is 3.65. The summed E-state index contributed by atoms with van der Waals surface area (Å²) in [6.07, 6.45) is 1.61. The lowest BCUT2D eigenvalue weighted by atomic mass is 10.4. The molecule has 0 fully saturated rings. The second-order valence-electron chi connectivity index (χ2n) is 3.70. The SMILES string of the molecule is CCN(Cc1ccco1)C(=O)NC(C)C. The molecule has 15 heavy (non-hydrogen) atoms. The van der Waals surface area contributed by atoms with Crippen LogP contribution in [-0.4, -0.2) is 23.5 Å². The van der Waals surface area contributed by atoms with E-state index in [1.165, 1.54) is 0 Å². The lowest BCUT2D eigenvalue weighted by Gasteiger charge is -2.21. The predicted molar refractivity (Wildman–Crippen MR) is 58.5 cm³/mol. The molecule has 0 radical (unpaired) electrons. The van der Waals surface area contributed by atoms with Crippen LogP contribution in [0.4, 0.5) is 4.79 Å². The third-order valence-corrected chi connectivity index (χ3v) is 2.01. The van der Waals surface area contributed by atoms with Crippen LogP contribution in [0.5, 0.6) is 0 Å². The first kappa shape index (κ1) is 11.6. The molecular formula is C11H18N2O2. The largest absolute Gasteiger partial charge is 0.467 e. The maximum atomic E-state index is 11.7. The van der Waals surface area contributed by atoms with Crippen LogP contribution in [0.3, 0.4) is 0 Å². The molecule has 2 amide bonds. The summed E-state index contributed by atoms with van der Waals surface area (Å²) in [5.41, 5.74) is 0. The molecule has 0 saturated heterocycles. The van der Waals surface area contributed by atoms with Gasteiger partial charge >= 0.3 is 6.03 Å². The predicted octanol–water partition coefficient (Wildman–Crippen LogP) is 2.22. The lowest BCUT2D eigenvalue weighted by molar-refractivity contribution is 0.191.